The quantitative estimate of drug-likeness (QED) is 0.220. The third-order valence-electron chi connectivity index (χ3n) is 4.78. The molecule has 3 aromatic carbocycles. The van der Waals surface area contributed by atoms with Crippen LogP contribution in [0.1, 0.15) is 41.8 Å². The summed E-state index contributed by atoms with van der Waals surface area (Å²) in [6.45, 7) is 5.19. The first kappa shape index (κ1) is 25.2. The molecule has 0 aliphatic rings. The molecule has 182 valence electrons. The first-order valence-electron chi connectivity index (χ1n) is 11.2. The Balaban J connectivity index is 1.53. The number of amides is 1. The number of benzene rings is 3. The van der Waals surface area contributed by atoms with Crippen molar-refractivity contribution in [3.8, 4) is 17.2 Å². The van der Waals surface area contributed by atoms with Crippen molar-refractivity contribution in [2.75, 3.05) is 13.2 Å². The van der Waals surface area contributed by atoms with E-state index in [1.807, 2.05) is 13.8 Å². The summed E-state index contributed by atoms with van der Waals surface area (Å²) in [5.41, 5.74) is 4.54. The van der Waals surface area contributed by atoms with Crippen LogP contribution in [-0.4, -0.2) is 30.3 Å². The zero-order valence-electron chi connectivity index (χ0n) is 19.6. The zero-order valence-corrected chi connectivity index (χ0v) is 19.6. The molecule has 0 atom stereocenters. The SMILES string of the molecule is CCCOc1ccc(C(=O)N/N=C/c2ccc(OCc3ccc([N+](=O)[O-])cc3)cc2)cc1OCC. The van der Waals surface area contributed by atoms with Crippen molar-refractivity contribution in [2.45, 2.75) is 26.9 Å². The number of carbonyl (C=O) groups excluding carboxylic acids is 1. The summed E-state index contributed by atoms with van der Waals surface area (Å²) >= 11 is 0. The second-order valence-corrected chi connectivity index (χ2v) is 7.42. The van der Waals surface area contributed by atoms with Crippen LogP contribution in [0.4, 0.5) is 5.69 Å². The lowest BCUT2D eigenvalue weighted by Gasteiger charge is -2.12. The highest BCUT2D eigenvalue weighted by molar-refractivity contribution is 5.95. The Bertz CT molecular complexity index is 1160. The van der Waals surface area contributed by atoms with Crippen molar-refractivity contribution in [1.29, 1.82) is 0 Å². The van der Waals surface area contributed by atoms with Gasteiger partial charge in [0.05, 0.1) is 24.4 Å². The summed E-state index contributed by atoms with van der Waals surface area (Å²) < 4.78 is 17.0. The number of non-ortho nitro benzene ring substituents is 1. The summed E-state index contributed by atoms with van der Waals surface area (Å²) in [5.74, 6) is 1.39. The molecule has 1 N–H and O–H groups in total. The summed E-state index contributed by atoms with van der Waals surface area (Å²) in [4.78, 5) is 22.8. The van der Waals surface area contributed by atoms with Crippen LogP contribution < -0.4 is 19.6 Å². The van der Waals surface area contributed by atoms with Gasteiger partial charge in [0.25, 0.3) is 11.6 Å². The van der Waals surface area contributed by atoms with E-state index >= 15 is 0 Å². The van der Waals surface area contributed by atoms with Gasteiger partial charge in [-0.15, -0.1) is 0 Å². The highest BCUT2D eigenvalue weighted by Gasteiger charge is 2.11. The van der Waals surface area contributed by atoms with Gasteiger partial charge in [0.2, 0.25) is 0 Å². The van der Waals surface area contributed by atoms with E-state index in [0.29, 0.717) is 36.0 Å². The summed E-state index contributed by atoms with van der Waals surface area (Å²) in [7, 11) is 0. The second-order valence-electron chi connectivity index (χ2n) is 7.42. The standard InChI is InChI=1S/C26H27N3O6/c1-3-15-34-24-14-9-21(16-25(24)33-4-2)26(30)28-27-17-19-7-12-23(13-8-19)35-18-20-5-10-22(11-6-20)29(31)32/h5-14,16-17H,3-4,15,18H2,1-2H3,(H,28,30)/b27-17+. The Morgan fingerprint density at radius 3 is 2.37 bits per heavy atom. The molecule has 9 heteroatoms. The maximum Gasteiger partial charge on any atom is 0.271 e. The topological polar surface area (TPSA) is 112 Å². The molecule has 0 saturated heterocycles. The van der Waals surface area contributed by atoms with Crippen LogP contribution in [0.2, 0.25) is 0 Å². The number of nitrogens with one attached hydrogen (secondary N) is 1. The third-order valence-corrected chi connectivity index (χ3v) is 4.78. The van der Waals surface area contributed by atoms with Crippen LogP contribution in [0.5, 0.6) is 17.2 Å². The molecule has 0 spiro atoms. The van der Waals surface area contributed by atoms with Crippen LogP contribution in [0, 0.1) is 10.1 Å². The van der Waals surface area contributed by atoms with E-state index < -0.39 is 4.92 Å². The molecule has 0 radical (unpaired) electrons. The smallest absolute Gasteiger partial charge is 0.271 e. The molecule has 0 heterocycles. The lowest BCUT2D eigenvalue weighted by molar-refractivity contribution is -0.384. The lowest BCUT2D eigenvalue weighted by Crippen LogP contribution is -2.17. The maximum absolute atomic E-state index is 12.5. The molecule has 0 unspecified atom stereocenters. The Kier molecular flexibility index (Phi) is 9.18. The molecular formula is C26H27N3O6. The van der Waals surface area contributed by atoms with Gasteiger partial charge in [0.15, 0.2) is 11.5 Å². The molecule has 0 bridgehead atoms. The molecule has 0 saturated carbocycles. The van der Waals surface area contributed by atoms with Gasteiger partial charge < -0.3 is 14.2 Å². The fourth-order valence-corrected chi connectivity index (χ4v) is 3.01. The predicted octanol–water partition coefficient (Wildman–Crippen LogP) is 5.13. The molecule has 3 aromatic rings. The van der Waals surface area contributed by atoms with E-state index in [2.05, 4.69) is 10.5 Å². The van der Waals surface area contributed by atoms with Crippen molar-refractivity contribution in [1.82, 2.24) is 5.43 Å². The van der Waals surface area contributed by atoms with Crippen molar-refractivity contribution in [3.05, 3.63) is 93.5 Å². The van der Waals surface area contributed by atoms with Crippen molar-refractivity contribution >= 4 is 17.8 Å². The Labute approximate surface area is 203 Å². The molecule has 0 aliphatic heterocycles. The lowest BCUT2D eigenvalue weighted by atomic mass is 10.2. The summed E-state index contributed by atoms with van der Waals surface area (Å²) in [5, 5.41) is 14.7. The fraction of sp³-hybridized carbons (Fsp3) is 0.231. The van der Waals surface area contributed by atoms with Crippen LogP contribution in [-0.2, 0) is 6.61 Å². The van der Waals surface area contributed by atoms with E-state index in [4.69, 9.17) is 14.2 Å². The van der Waals surface area contributed by atoms with E-state index in [1.54, 1.807) is 54.6 Å². The van der Waals surface area contributed by atoms with Crippen LogP contribution >= 0.6 is 0 Å². The third kappa shape index (κ3) is 7.56. The predicted molar refractivity (Wildman–Crippen MR) is 132 cm³/mol. The Morgan fingerprint density at radius 2 is 1.71 bits per heavy atom. The van der Waals surface area contributed by atoms with Crippen LogP contribution in [0.15, 0.2) is 71.8 Å². The Morgan fingerprint density at radius 1 is 0.971 bits per heavy atom. The van der Waals surface area contributed by atoms with Crippen LogP contribution in [0.3, 0.4) is 0 Å². The number of rotatable bonds is 12. The van der Waals surface area contributed by atoms with Gasteiger partial charge in [-0.05, 0) is 79.1 Å². The van der Waals surface area contributed by atoms with Gasteiger partial charge in [-0.25, -0.2) is 5.43 Å². The van der Waals surface area contributed by atoms with Gasteiger partial charge in [0, 0.05) is 17.7 Å². The van der Waals surface area contributed by atoms with E-state index in [1.165, 1.54) is 18.3 Å². The van der Waals surface area contributed by atoms with E-state index in [-0.39, 0.29) is 18.2 Å². The van der Waals surface area contributed by atoms with Gasteiger partial charge in [-0.3, -0.25) is 14.9 Å². The molecule has 9 nitrogen and oxygen atoms in total. The van der Waals surface area contributed by atoms with Gasteiger partial charge in [-0.1, -0.05) is 6.92 Å². The second kappa shape index (κ2) is 12.7. The zero-order chi connectivity index (χ0) is 25.0. The minimum Gasteiger partial charge on any atom is -0.490 e. The molecule has 0 aromatic heterocycles. The fourth-order valence-electron chi connectivity index (χ4n) is 3.01. The number of nitro benzene ring substituents is 1. The molecule has 3 rings (SSSR count). The number of carbonyl (C=O) groups is 1. The van der Waals surface area contributed by atoms with Crippen LogP contribution in [0.25, 0.3) is 0 Å². The average molecular weight is 478 g/mol. The van der Waals surface area contributed by atoms with Crippen molar-refractivity contribution < 1.29 is 23.9 Å². The molecule has 35 heavy (non-hydrogen) atoms. The van der Waals surface area contributed by atoms with E-state index in [9.17, 15) is 14.9 Å². The number of hydrogen-bond acceptors (Lipinski definition) is 7. The molecular weight excluding hydrogens is 450 g/mol. The van der Waals surface area contributed by atoms with Gasteiger partial charge >= 0.3 is 0 Å². The summed E-state index contributed by atoms with van der Waals surface area (Å²) in [6.07, 6.45) is 2.40. The van der Waals surface area contributed by atoms with Crippen molar-refractivity contribution in [2.24, 2.45) is 5.10 Å². The first-order valence-corrected chi connectivity index (χ1v) is 11.2. The summed E-state index contributed by atoms with van der Waals surface area (Å²) in [6, 6.07) is 18.4. The monoisotopic (exact) mass is 477 g/mol. The highest BCUT2D eigenvalue weighted by atomic mass is 16.6. The number of hydrogen-bond donors (Lipinski definition) is 1. The highest BCUT2D eigenvalue weighted by Crippen LogP contribution is 2.28. The molecule has 0 aliphatic carbocycles. The maximum atomic E-state index is 12.5. The minimum absolute atomic E-state index is 0.0391. The number of nitrogens with zero attached hydrogens (tertiary/aromatic N) is 2. The van der Waals surface area contributed by atoms with Gasteiger partial charge in [0.1, 0.15) is 12.4 Å². The average Bonchev–Trinajstić information content (AvgIpc) is 2.87. The molecule has 1 amide bonds. The van der Waals surface area contributed by atoms with E-state index in [0.717, 1.165) is 17.5 Å². The first-order chi connectivity index (χ1) is 17.0. The minimum atomic E-state index is -0.440. The number of nitro groups is 1. The van der Waals surface area contributed by atoms with Gasteiger partial charge in [-0.2, -0.15) is 5.10 Å². The molecule has 0 fully saturated rings. The number of hydrazone groups is 1. The van der Waals surface area contributed by atoms with Crippen molar-refractivity contribution in [3.63, 3.8) is 0 Å². The Hall–Kier alpha value is -4.40. The normalized spacial score (nSPS) is 10.7. The number of ether oxygens (including phenoxy) is 3. The largest absolute Gasteiger partial charge is 0.490 e.